The van der Waals surface area contributed by atoms with Gasteiger partial charge in [-0.25, -0.2) is 0 Å². The van der Waals surface area contributed by atoms with E-state index in [-0.39, 0.29) is 13.2 Å². The summed E-state index contributed by atoms with van der Waals surface area (Å²) in [6.45, 7) is 1.33. The third-order valence-electron chi connectivity index (χ3n) is 0.922. The fraction of sp³-hybridized carbons (Fsp3) is 0.571. The molecule has 0 amide bonds. The minimum absolute atomic E-state index is 0.128. The van der Waals surface area contributed by atoms with Crippen LogP contribution in [0.4, 0.5) is 0 Å². The zero-order valence-corrected chi connectivity index (χ0v) is 7.96. The molecule has 0 N–H and O–H groups in total. The van der Waals surface area contributed by atoms with Gasteiger partial charge in [0.2, 0.25) is 0 Å². The molecule has 0 fully saturated rings. The molecule has 0 aromatic carbocycles. The van der Waals surface area contributed by atoms with Crippen LogP contribution < -0.4 is 0 Å². The maximum Gasteiger partial charge on any atom is 0.323 e. The number of rotatable bonds is 5. The molecule has 74 valence electrons. The number of hydrogen-bond acceptors (Lipinski definition) is 5. The van der Waals surface area contributed by atoms with Crippen LogP contribution in [0, 0.1) is 12.3 Å². The fourth-order valence-corrected chi connectivity index (χ4v) is 1.22. The number of ether oxygens (including phenoxy) is 1. The monoisotopic (exact) mass is 206 g/mol. The van der Waals surface area contributed by atoms with Gasteiger partial charge in [-0.05, 0) is 6.92 Å². The van der Waals surface area contributed by atoms with E-state index in [4.69, 9.17) is 6.42 Å². The molecule has 0 aliphatic rings. The van der Waals surface area contributed by atoms with Gasteiger partial charge in [0.25, 0.3) is 10.1 Å². The molecule has 0 unspecified atom stereocenters. The Labute approximate surface area is 77.2 Å². The van der Waals surface area contributed by atoms with Crippen LogP contribution in [-0.4, -0.2) is 33.4 Å². The first kappa shape index (κ1) is 11.9. The van der Waals surface area contributed by atoms with Crippen LogP contribution in [0.25, 0.3) is 0 Å². The molecule has 0 heterocycles. The summed E-state index contributed by atoms with van der Waals surface area (Å²) in [7, 11) is -3.88. The molecule has 0 spiro atoms. The van der Waals surface area contributed by atoms with Crippen molar-refractivity contribution in [1.82, 2.24) is 0 Å². The summed E-state index contributed by atoms with van der Waals surface area (Å²) < 4.78 is 30.4. The predicted molar refractivity (Wildman–Crippen MR) is 45.2 cm³/mol. The Morgan fingerprint density at radius 3 is 2.62 bits per heavy atom. The van der Waals surface area contributed by atoms with Crippen LogP contribution in [0.3, 0.4) is 0 Å². The summed E-state index contributed by atoms with van der Waals surface area (Å²) in [5.74, 6) is 0.325. The Kier molecular flexibility index (Phi) is 5.11. The van der Waals surface area contributed by atoms with Crippen LogP contribution in [0.2, 0.25) is 0 Å². The van der Waals surface area contributed by atoms with Crippen molar-refractivity contribution in [3.8, 4) is 12.3 Å². The standard InChI is InChI=1S/C7H10O5S/c1-3-5-12-13(9,10)6-7(8)11-4-2/h1H,4-6H2,2H3. The molecular formula is C7H10O5S. The molecule has 13 heavy (non-hydrogen) atoms. The van der Waals surface area contributed by atoms with E-state index in [0.717, 1.165) is 0 Å². The molecule has 0 aliphatic carbocycles. The highest BCUT2D eigenvalue weighted by Crippen LogP contribution is 1.94. The normalized spacial score (nSPS) is 10.5. The van der Waals surface area contributed by atoms with Crippen LogP contribution in [-0.2, 0) is 23.8 Å². The van der Waals surface area contributed by atoms with Gasteiger partial charge in [0.1, 0.15) is 6.61 Å². The summed E-state index contributed by atoms with van der Waals surface area (Å²) in [5.41, 5.74) is 0. The predicted octanol–water partition coefficient (Wildman–Crippen LogP) is -0.471. The lowest BCUT2D eigenvalue weighted by molar-refractivity contribution is -0.140. The maximum absolute atomic E-state index is 10.9. The van der Waals surface area contributed by atoms with Gasteiger partial charge in [0, 0.05) is 0 Å². The number of esters is 1. The lowest BCUT2D eigenvalue weighted by Gasteiger charge is -2.02. The number of hydrogen-bond donors (Lipinski definition) is 0. The third kappa shape index (κ3) is 6.13. The molecule has 0 bridgehead atoms. The average Bonchev–Trinajstić information content (AvgIpc) is 2.00. The minimum Gasteiger partial charge on any atom is -0.465 e. The second-order valence-corrected chi connectivity index (χ2v) is 3.61. The minimum atomic E-state index is -3.88. The highest BCUT2D eigenvalue weighted by molar-refractivity contribution is 7.87. The first-order valence-corrected chi connectivity index (χ1v) is 5.05. The molecule has 0 rings (SSSR count). The molecule has 0 saturated heterocycles. The van der Waals surface area contributed by atoms with Gasteiger partial charge in [-0.15, -0.1) is 6.42 Å². The Morgan fingerprint density at radius 1 is 1.54 bits per heavy atom. The second kappa shape index (κ2) is 5.56. The topological polar surface area (TPSA) is 69.7 Å². The van der Waals surface area contributed by atoms with Crippen LogP contribution in [0.15, 0.2) is 0 Å². The Balaban J connectivity index is 4.04. The largest absolute Gasteiger partial charge is 0.465 e. The highest BCUT2D eigenvalue weighted by Gasteiger charge is 2.17. The molecule has 0 aromatic rings. The van der Waals surface area contributed by atoms with E-state index in [1.165, 1.54) is 0 Å². The zero-order chi connectivity index (χ0) is 10.3. The quantitative estimate of drug-likeness (QED) is 0.345. The lowest BCUT2D eigenvalue weighted by atomic mass is 10.8. The van der Waals surface area contributed by atoms with Crippen LogP contribution >= 0.6 is 0 Å². The average molecular weight is 206 g/mol. The molecule has 0 radical (unpaired) electrons. The van der Waals surface area contributed by atoms with Gasteiger partial charge in [0.15, 0.2) is 5.75 Å². The maximum atomic E-state index is 10.9. The van der Waals surface area contributed by atoms with Gasteiger partial charge in [0.05, 0.1) is 6.61 Å². The van der Waals surface area contributed by atoms with E-state index in [9.17, 15) is 13.2 Å². The van der Waals surface area contributed by atoms with Gasteiger partial charge in [-0.3, -0.25) is 8.98 Å². The molecule has 0 atom stereocenters. The Morgan fingerprint density at radius 2 is 2.15 bits per heavy atom. The molecule has 0 saturated carbocycles. The number of carbonyl (C=O) groups is 1. The van der Waals surface area contributed by atoms with Crippen molar-refractivity contribution in [2.75, 3.05) is 19.0 Å². The summed E-state index contributed by atoms with van der Waals surface area (Å²) in [6.07, 6.45) is 4.77. The summed E-state index contributed by atoms with van der Waals surface area (Å²) >= 11 is 0. The van der Waals surface area contributed by atoms with Crippen molar-refractivity contribution in [3.63, 3.8) is 0 Å². The van der Waals surface area contributed by atoms with Gasteiger partial charge < -0.3 is 4.74 Å². The van der Waals surface area contributed by atoms with Gasteiger partial charge in [-0.2, -0.15) is 8.42 Å². The fourth-order valence-electron chi connectivity index (χ4n) is 0.512. The summed E-state index contributed by atoms with van der Waals surface area (Å²) in [6, 6.07) is 0. The van der Waals surface area contributed by atoms with Crippen molar-refractivity contribution >= 4 is 16.1 Å². The lowest BCUT2D eigenvalue weighted by Crippen LogP contribution is -2.20. The molecule has 6 heteroatoms. The van der Waals surface area contributed by atoms with Crippen molar-refractivity contribution in [2.45, 2.75) is 6.92 Å². The van der Waals surface area contributed by atoms with E-state index in [1.54, 1.807) is 6.92 Å². The van der Waals surface area contributed by atoms with E-state index in [2.05, 4.69) is 8.92 Å². The van der Waals surface area contributed by atoms with Crippen LogP contribution in [0.5, 0.6) is 0 Å². The van der Waals surface area contributed by atoms with E-state index < -0.39 is 21.8 Å². The molecular weight excluding hydrogens is 196 g/mol. The van der Waals surface area contributed by atoms with Crippen molar-refractivity contribution in [3.05, 3.63) is 0 Å². The smallest absolute Gasteiger partial charge is 0.323 e. The molecule has 0 aliphatic heterocycles. The van der Waals surface area contributed by atoms with Gasteiger partial charge >= 0.3 is 5.97 Å². The summed E-state index contributed by atoms with van der Waals surface area (Å²) in [5, 5.41) is 0. The molecule has 0 aromatic heterocycles. The van der Waals surface area contributed by atoms with Crippen molar-refractivity contribution in [2.24, 2.45) is 0 Å². The molecule has 5 nitrogen and oxygen atoms in total. The van der Waals surface area contributed by atoms with Crippen LogP contribution in [0.1, 0.15) is 6.92 Å². The number of carbonyl (C=O) groups excluding carboxylic acids is 1. The SMILES string of the molecule is C#CCOS(=O)(=O)CC(=O)OCC. The zero-order valence-electron chi connectivity index (χ0n) is 7.15. The van der Waals surface area contributed by atoms with E-state index >= 15 is 0 Å². The van der Waals surface area contributed by atoms with E-state index in [1.807, 2.05) is 5.92 Å². The highest BCUT2D eigenvalue weighted by atomic mass is 32.2. The number of terminal acetylenes is 1. The van der Waals surface area contributed by atoms with Crippen molar-refractivity contribution in [1.29, 1.82) is 0 Å². The second-order valence-electron chi connectivity index (χ2n) is 1.97. The first-order chi connectivity index (χ1) is 6.02. The Hall–Kier alpha value is -1.06. The third-order valence-corrected chi connectivity index (χ3v) is 1.99. The van der Waals surface area contributed by atoms with E-state index in [0.29, 0.717) is 0 Å². The van der Waals surface area contributed by atoms with Gasteiger partial charge in [-0.1, -0.05) is 5.92 Å². The first-order valence-electron chi connectivity index (χ1n) is 3.48. The summed E-state index contributed by atoms with van der Waals surface area (Å²) in [4.78, 5) is 10.7. The van der Waals surface area contributed by atoms with Crippen molar-refractivity contribution < 1.29 is 22.1 Å². The Bertz CT molecular complexity index is 297.